The van der Waals surface area contributed by atoms with Crippen LogP contribution < -0.4 is 19.7 Å². The molecule has 0 amide bonds. The van der Waals surface area contributed by atoms with Crippen molar-refractivity contribution in [1.82, 2.24) is 9.97 Å². The minimum atomic E-state index is -0.411. The van der Waals surface area contributed by atoms with E-state index < -0.39 is 4.92 Å². The summed E-state index contributed by atoms with van der Waals surface area (Å²) in [5, 5.41) is 15.1. The van der Waals surface area contributed by atoms with Crippen LogP contribution in [0.4, 0.5) is 23.0 Å². The summed E-state index contributed by atoms with van der Waals surface area (Å²) in [6.45, 7) is 2.41. The number of hydrogen-bond acceptors (Lipinski definition) is 8. The highest BCUT2D eigenvalue weighted by Gasteiger charge is 2.30. The molecule has 1 fully saturated rings. The third kappa shape index (κ3) is 4.67. The number of nitrogens with zero attached hydrogens (tertiary/aromatic N) is 4. The van der Waals surface area contributed by atoms with Gasteiger partial charge >= 0.3 is 5.69 Å². The Hall–Kier alpha value is -3.88. The first-order valence-electron chi connectivity index (χ1n) is 11.1. The number of anilines is 3. The van der Waals surface area contributed by atoms with Gasteiger partial charge in [0.25, 0.3) is 0 Å². The molecular formula is C24H25N5O4. The molecule has 1 N–H and O–H groups in total. The van der Waals surface area contributed by atoms with Gasteiger partial charge in [-0.1, -0.05) is 30.3 Å². The van der Waals surface area contributed by atoms with E-state index >= 15 is 0 Å². The second-order valence-electron chi connectivity index (χ2n) is 8.26. The fraction of sp³-hybridized carbons (Fsp3) is 0.333. The standard InChI is InChI=1S/C24H25N5O4/c30-29(31)22-23(27-19-6-7-20-21(15-19)33-13-12-32-20)25-16-26-24(22)28-10-8-18(9-11-28)14-17-4-2-1-3-5-17/h1-7,15-16,18H,8-14H2,(H,25,26,27). The zero-order chi connectivity index (χ0) is 22.6. The van der Waals surface area contributed by atoms with E-state index in [0.717, 1.165) is 32.4 Å². The molecule has 0 radical (unpaired) electrons. The van der Waals surface area contributed by atoms with Gasteiger partial charge in [-0.3, -0.25) is 10.1 Å². The predicted octanol–water partition coefficient (Wildman–Crippen LogP) is 4.36. The average molecular weight is 447 g/mol. The van der Waals surface area contributed by atoms with Gasteiger partial charge in [0.05, 0.1) is 4.92 Å². The Bertz CT molecular complexity index is 1130. The quantitative estimate of drug-likeness (QED) is 0.439. The highest BCUT2D eigenvalue weighted by Crippen LogP contribution is 2.38. The number of fused-ring (bicyclic) bond motifs is 1. The maximum Gasteiger partial charge on any atom is 0.353 e. The third-order valence-electron chi connectivity index (χ3n) is 6.07. The number of aromatic nitrogens is 2. The number of rotatable bonds is 6. The molecule has 3 aromatic rings. The van der Waals surface area contributed by atoms with E-state index in [1.54, 1.807) is 18.2 Å². The second kappa shape index (κ2) is 9.32. The molecule has 3 heterocycles. The van der Waals surface area contributed by atoms with Crippen molar-refractivity contribution in [1.29, 1.82) is 0 Å². The summed E-state index contributed by atoms with van der Waals surface area (Å²) >= 11 is 0. The fourth-order valence-electron chi connectivity index (χ4n) is 4.41. The number of ether oxygens (including phenoxy) is 2. The molecule has 2 aliphatic heterocycles. The van der Waals surface area contributed by atoms with Crippen molar-refractivity contribution < 1.29 is 14.4 Å². The summed E-state index contributed by atoms with van der Waals surface area (Å²) in [6.07, 6.45) is 4.32. The van der Waals surface area contributed by atoms with Crippen LogP contribution in [0.5, 0.6) is 11.5 Å². The normalized spacial score (nSPS) is 15.8. The van der Waals surface area contributed by atoms with E-state index in [-0.39, 0.29) is 11.5 Å². The average Bonchev–Trinajstić information content (AvgIpc) is 2.85. The van der Waals surface area contributed by atoms with Gasteiger partial charge in [-0.25, -0.2) is 9.97 Å². The van der Waals surface area contributed by atoms with Gasteiger partial charge in [0.15, 0.2) is 11.5 Å². The molecular weight excluding hydrogens is 422 g/mol. The minimum Gasteiger partial charge on any atom is -0.486 e. The Labute approximate surface area is 191 Å². The monoisotopic (exact) mass is 447 g/mol. The highest BCUT2D eigenvalue weighted by atomic mass is 16.6. The number of nitrogens with one attached hydrogen (secondary N) is 1. The summed E-state index contributed by atoms with van der Waals surface area (Å²) in [6, 6.07) is 15.8. The van der Waals surface area contributed by atoms with Crippen LogP contribution in [0.15, 0.2) is 54.9 Å². The summed E-state index contributed by atoms with van der Waals surface area (Å²) < 4.78 is 11.2. The smallest absolute Gasteiger partial charge is 0.353 e. The molecule has 2 aromatic carbocycles. The largest absolute Gasteiger partial charge is 0.486 e. The zero-order valence-electron chi connectivity index (χ0n) is 18.1. The van der Waals surface area contributed by atoms with Crippen LogP contribution in [0.3, 0.4) is 0 Å². The molecule has 2 aliphatic rings. The number of piperidine rings is 1. The Morgan fingerprint density at radius 1 is 1.03 bits per heavy atom. The van der Waals surface area contributed by atoms with Crippen LogP contribution in [0.2, 0.25) is 0 Å². The molecule has 9 heteroatoms. The Morgan fingerprint density at radius 2 is 1.79 bits per heavy atom. The zero-order valence-corrected chi connectivity index (χ0v) is 18.1. The molecule has 33 heavy (non-hydrogen) atoms. The minimum absolute atomic E-state index is 0.117. The summed E-state index contributed by atoms with van der Waals surface area (Å²) in [4.78, 5) is 22.1. The van der Waals surface area contributed by atoms with Gasteiger partial charge in [-0.15, -0.1) is 0 Å². The highest BCUT2D eigenvalue weighted by molar-refractivity contribution is 5.75. The Kier molecular flexibility index (Phi) is 5.93. The summed E-state index contributed by atoms with van der Waals surface area (Å²) in [5.41, 5.74) is 1.84. The lowest BCUT2D eigenvalue weighted by atomic mass is 9.90. The molecule has 0 bridgehead atoms. The predicted molar refractivity (Wildman–Crippen MR) is 124 cm³/mol. The molecule has 170 valence electrons. The van der Waals surface area contributed by atoms with Gasteiger partial charge in [-0.05, 0) is 42.9 Å². The van der Waals surface area contributed by atoms with E-state index in [1.807, 2.05) is 11.0 Å². The van der Waals surface area contributed by atoms with Gasteiger partial charge in [-0.2, -0.15) is 0 Å². The van der Waals surface area contributed by atoms with Crippen LogP contribution in [0.25, 0.3) is 0 Å². The first-order valence-corrected chi connectivity index (χ1v) is 11.1. The number of benzene rings is 2. The van der Waals surface area contributed by atoms with Gasteiger partial charge < -0.3 is 19.7 Å². The molecule has 5 rings (SSSR count). The van der Waals surface area contributed by atoms with Crippen molar-refractivity contribution in [3.8, 4) is 11.5 Å². The maximum atomic E-state index is 12.0. The van der Waals surface area contributed by atoms with Gasteiger partial charge in [0.1, 0.15) is 19.5 Å². The topological polar surface area (TPSA) is 103 Å². The maximum absolute atomic E-state index is 12.0. The summed E-state index contributed by atoms with van der Waals surface area (Å²) in [7, 11) is 0. The number of nitro groups is 1. The molecule has 0 spiro atoms. The van der Waals surface area contributed by atoms with E-state index in [4.69, 9.17) is 9.47 Å². The molecule has 0 unspecified atom stereocenters. The van der Waals surface area contributed by atoms with Crippen LogP contribution >= 0.6 is 0 Å². The fourth-order valence-corrected chi connectivity index (χ4v) is 4.41. The summed E-state index contributed by atoms with van der Waals surface area (Å²) in [5.74, 6) is 2.33. The van der Waals surface area contributed by atoms with Crippen LogP contribution in [0, 0.1) is 16.0 Å². The van der Waals surface area contributed by atoms with Crippen LogP contribution in [-0.4, -0.2) is 41.2 Å². The molecule has 0 atom stereocenters. The van der Waals surface area contributed by atoms with Gasteiger partial charge in [0, 0.05) is 24.8 Å². The van der Waals surface area contributed by atoms with Crippen molar-refractivity contribution in [2.45, 2.75) is 19.3 Å². The first kappa shape index (κ1) is 21.0. The lowest BCUT2D eigenvalue weighted by molar-refractivity contribution is -0.383. The van der Waals surface area contributed by atoms with Crippen molar-refractivity contribution >= 4 is 23.0 Å². The molecule has 9 nitrogen and oxygen atoms in total. The lowest BCUT2D eigenvalue weighted by Gasteiger charge is -2.32. The lowest BCUT2D eigenvalue weighted by Crippen LogP contribution is -2.35. The number of hydrogen-bond donors (Lipinski definition) is 1. The van der Waals surface area contributed by atoms with Crippen molar-refractivity contribution in [2.75, 3.05) is 36.5 Å². The third-order valence-corrected chi connectivity index (χ3v) is 6.07. The second-order valence-corrected chi connectivity index (χ2v) is 8.26. The first-order chi connectivity index (χ1) is 16.2. The van der Waals surface area contributed by atoms with E-state index in [9.17, 15) is 10.1 Å². The van der Waals surface area contributed by atoms with E-state index in [2.05, 4.69) is 39.6 Å². The van der Waals surface area contributed by atoms with Crippen LogP contribution in [0.1, 0.15) is 18.4 Å². The molecule has 1 saturated heterocycles. The van der Waals surface area contributed by atoms with E-state index in [1.165, 1.54) is 11.9 Å². The molecule has 0 aliphatic carbocycles. The molecule has 1 aromatic heterocycles. The van der Waals surface area contributed by atoms with Crippen molar-refractivity contribution in [3.05, 3.63) is 70.5 Å². The SMILES string of the molecule is O=[N+]([O-])c1c(Nc2ccc3c(c2)OCCO3)ncnc1N1CCC(Cc2ccccc2)CC1. The Morgan fingerprint density at radius 3 is 2.55 bits per heavy atom. The molecule has 0 saturated carbocycles. The van der Waals surface area contributed by atoms with Crippen molar-refractivity contribution in [2.24, 2.45) is 5.92 Å². The van der Waals surface area contributed by atoms with Crippen molar-refractivity contribution in [3.63, 3.8) is 0 Å². The Balaban J connectivity index is 1.33. The van der Waals surface area contributed by atoms with Crippen LogP contribution in [-0.2, 0) is 6.42 Å². The van der Waals surface area contributed by atoms with Gasteiger partial charge in [0.2, 0.25) is 11.6 Å². The van der Waals surface area contributed by atoms with E-state index in [0.29, 0.717) is 42.1 Å².